The second-order valence-corrected chi connectivity index (χ2v) is 5.46. The average Bonchev–Trinajstić information content (AvgIpc) is 3.04. The SMILES string of the molecule is Cc1ccccc1NC(=O)N(C1=NCCC1)c1cccc(F)c1. The highest BCUT2D eigenvalue weighted by Gasteiger charge is 2.24. The maximum atomic E-state index is 13.6. The molecule has 1 aliphatic rings. The van der Waals surface area contributed by atoms with Crippen molar-refractivity contribution in [1.29, 1.82) is 0 Å². The molecule has 3 rings (SSSR count). The number of urea groups is 1. The lowest BCUT2D eigenvalue weighted by Gasteiger charge is -2.23. The van der Waals surface area contributed by atoms with Crippen LogP contribution in [-0.4, -0.2) is 18.4 Å². The van der Waals surface area contributed by atoms with Crippen LogP contribution < -0.4 is 10.2 Å². The molecule has 0 aliphatic carbocycles. The maximum Gasteiger partial charge on any atom is 0.331 e. The van der Waals surface area contributed by atoms with E-state index in [0.29, 0.717) is 24.5 Å². The predicted molar refractivity (Wildman–Crippen MR) is 90.6 cm³/mol. The van der Waals surface area contributed by atoms with Gasteiger partial charge in [-0.05, 0) is 43.2 Å². The number of aryl methyl sites for hydroxylation is 1. The van der Waals surface area contributed by atoms with Gasteiger partial charge < -0.3 is 5.32 Å². The smallest absolute Gasteiger partial charge is 0.307 e. The van der Waals surface area contributed by atoms with Crippen LogP contribution in [0.25, 0.3) is 0 Å². The van der Waals surface area contributed by atoms with E-state index in [1.165, 1.54) is 17.0 Å². The Hall–Kier alpha value is -2.69. The summed E-state index contributed by atoms with van der Waals surface area (Å²) in [4.78, 5) is 18.6. The molecule has 0 fully saturated rings. The van der Waals surface area contributed by atoms with Gasteiger partial charge in [-0.1, -0.05) is 24.3 Å². The van der Waals surface area contributed by atoms with Gasteiger partial charge in [0.05, 0.1) is 5.69 Å². The van der Waals surface area contributed by atoms with E-state index in [1.807, 2.05) is 31.2 Å². The summed E-state index contributed by atoms with van der Waals surface area (Å²) >= 11 is 0. The number of carbonyl (C=O) groups is 1. The normalized spacial score (nSPS) is 13.6. The summed E-state index contributed by atoms with van der Waals surface area (Å²) in [5, 5.41) is 2.89. The standard InChI is InChI=1S/C18H18FN3O/c1-13-6-2-3-9-16(13)21-18(23)22(17-10-5-11-20-17)15-8-4-7-14(19)12-15/h2-4,6-9,12H,5,10-11H2,1H3,(H,21,23). The molecule has 0 saturated heterocycles. The Bertz CT molecular complexity index is 757. The zero-order chi connectivity index (χ0) is 16.2. The van der Waals surface area contributed by atoms with E-state index in [4.69, 9.17) is 0 Å². The minimum Gasteiger partial charge on any atom is -0.307 e. The first kappa shape index (κ1) is 15.2. The van der Waals surface area contributed by atoms with Gasteiger partial charge in [-0.15, -0.1) is 0 Å². The highest BCUT2D eigenvalue weighted by molar-refractivity contribution is 6.20. The topological polar surface area (TPSA) is 44.7 Å². The van der Waals surface area contributed by atoms with Gasteiger partial charge in [-0.25, -0.2) is 9.18 Å². The summed E-state index contributed by atoms with van der Waals surface area (Å²) < 4.78 is 13.6. The van der Waals surface area contributed by atoms with Crippen LogP contribution in [0.3, 0.4) is 0 Å². The molecular weight excluding hydrogens is 293 g/mol. The van der Waals surface area contributed by atoms with E-state index in [9.17, 15) is 9.18 Å². The molecule has 2 aromatic rings. The summed E-state index contributed by atoms with van der Waals surface area (Å²) in [6, 6.07) is 13.2. The molecule has 0 aromatic heterocycles. The second kappa shape index (κ2) is 6.60. The van der Waals surface area contributed by atoms with Crippen molar-refractivity contribution in [1.82, 2.24) is 0 Å². The minimum atomic E-state index is -0.380. The highest BCUT2D eigenvalue weighted by atomic mass is 19.1. The van der Waals surface area contributed by atoms with Crippen LogP contribution in [0.1, 0.15) is 18.4 Å². The van der Waals surface area contributed by atoms with Crippen molar-refractivity contribution in [3.63, 3.8) is 0 Å². The van der Waals surface area contributed by atoms with Crippen molar-refractivity contribution >= 4 is 23.2 Å². The number of amidine groups is 1. The third-order valence-corrected chi connectivity index (χ3v) is 3.77. The lowest BCUT2D eigenvalue weighted by Crippen LogP contribution is -2.39. The van der Waals surface area contributed by atoms with Crippen LogP contribution in [0.15, 0.2) is 53.5 Å². The summed E-state index contributed by atoms with van der Waals surface area (Å²) in [5.74, 6) is 0.288. The molecule has 0 atom stereocenters. The molecule has 1 N–H and O–H groups in total. The number of hydrogen-bond acceptors (Lipinski definition) is 2. The Morgan fingerprint density at radius 3 is 2.74 bits per heavy atom. The number of carbonyl (C=O) groups excluding carboxylic acids is 1. The summed E-state index contributed by atoms with van der Waals surface area (Å²) in [5.41, 5.74) is 2.18. The molecule has 0 spiro atoms. The lowest BCUT2D eigenvalue weighted by molar-refractivity contribution is 0.259. The molecule has 5 heteroatoms. The molecule has 118 valence electrons. The van der Waals surface area contributed by atoms with E-state index in [0.717, 1.165) is 17.7 Å². The number of amides is 2. The Kier molecular flexibility index (Phi) is 4.37. The molecule has 4 nitrogen and oxygen atoms in total. The van der Waals surface area contributed by atoms with Crippen molar-refractivity contribution in [2.24, 2.45) is 4.99 Å². The second-order valence-electron chi connectivity index (χ2n) is 5.46. The zero-order valence-corrected chi connectivity index (χ0v) is 12.9. The molecule has 0 saturated carbocycles. The van der Waals surface area contributed by atoms with Crippen LogP contribution in [0.2, 0.25) is 0 Å². The first-order valence-electron chi connectivity index (χ1n) is 7.61. The maximum absolute atomic E-state index is 13.6. The van der Waals surface area contributed by atoms with Crippen LogP contribution in [0, 0.1) is 12.7 Å². The first-order chi connectivity index (χ1) is 11.1. The molecule has 2 aromatic carbocycles. The van der Waals surface area contributed by atoms with Gasteiger partial charge in [-0.3, -0.25) is 9.89 Å². The van der Waals surface area contributed by atoms with Crippen molar-refractivity contribution in [3.8, 4) is 0 Å². The van der Waals surface area contributed by atoms with Crippen molar-refractivity contribution < 1.29 is 9.18 Å². The summed E-state index contributed by atoms with van der Waals surface area (Å²) in [6.45, 7) is 2.62. The lowest BCUT2D eigenvalue weighted by atomic mass is 10.2. The Balaban J connectivity index is 1.92. The number of halogens is 1. The summed E-state index contributed by atoms with van der Waals surface area (Å²) in [6.07, 6.45) is 1.61. The van der Waals surface area contributed by atoms with Crippen molar-refractivity contribution in [3.05, 3.63) is 59.9 Å². The number of para-hydroxylation sites is 1. The number of rotatable bonds is 2. The van der Waals surface area contributed by atoms with Crippen LogP contribution >= 0.6 is 0 Å². The van der Waals surface area contributed by atoms with E-state index < -0.39 is 0 Å². The molecule has 23 heavy (non-hydrogen) atoms. The quantitative estimate of drug-likeness (QED) is 0.879. The highest BCUT2D eigenvalue weighted by Crippen LogP contribution is 2.22. The number of nitrogens with zero attached hydrogens (tertiary/aromatic N) is 2. The fourth-order valence-corrected chi connectivity index (χ4v) is 2.59. The molecule has 0 unspecified atom stereocenters. The largest absolute Gasteiger partial charge is 0.331 e. The molecular formula is C18H18FN3O. The summed E-state index contributed by atoms with van der Waals surface area (Å²) in [7, 11) is 0. The number of aliphatic imine (C=N–C) groups is 1. The molecule has 2 amide bonds. The zero-order valence-electron chi connectivity index (χ0n) is 12.9. The Morgan fingerprint density at radius 2 is 2.04 bits per heavy atom. The number of nitrogens with one attached hydrogen (secondary N) is 1. The van der Waals surface area contributed by atoms with Gasteiger partial charge in [0.15, 0.2) is 0 Å². The van der Waals surface area contributed by atoms with E-state index >= 15 is 0 Å². The predicted octanol–water partition coefficient (Wildman–Crippen LogP) is 4.36. The van der Waals surface area contributed by atoms with Crippen LogP contribution in [0.4, 0.5) is 20.6 Å². The minimum absolute atomic E-state index is 0.328. The van der Waals surface area contributed by atoms with Crippen molar-refractivity contribution in [2.45, 2.75) is 19.8 Å². The van der Waals surface area contributed by atoms with Crippen molar-refractivity contribution in [2.75, 3.05) is 16.8 Å². The van der Waals surface area contributed by atoms with Gasteiger partial charge in [0.2, 0.25) is 0 Å². The Morgan fingerprint density at radius 1 is 1.22 bits per heavy atom. The molecule has 0 bridgehead atoms. The molecule has 1 aliphatic heterocycles. The molecule has 1 heterocycles. The average molecular weight is 311 g/mol. The number of hydrogen-bond donors (Lipinski definition) is 1. The van der Waals surface area contributed by atoms with Crippen LogP contribution in [0.5, 0.6) is 0 Å². The first-order valence-corrected chi connectivity index (χ1v) is 7.61. The van der Waals surface area contributed by atoms with Gasteiger partial charge in [-0.2, -0.15) is 0 Å². The molecule has 0 radical (unpaired) electrons. The van der Waals surface area contributed by atoms with E-state index in [-0.39, 0.29) is 11.8 Å². The third-order valence-electron chi connectivity index (χ3n) is 3.77. The van der Waals surface area contributed by atoms with Gasteiger partial charge in [0, 0.05) is 18.7 Å². The monoisotopic (exact) mass is 311 g/mol. The van der Waals surface area contributed by atoms with Gasteiger partial charge >= 0.3 is 6.03 Å². The fourth-order valence-electron chi connectivity index (χ4n) is 2.59. The van der Waals surface area contributed by atoms with Gasteiger partial charge in [0.25, 0.3) is 0 Å². The fraction of sp³-hybridized carbons (Fsp3) is 0.222. The van der Waals surface area contributed by atoms with E-state index in [2.05, 4.69) is 10.3 Å². The Labute approximate surface area is 134 Å². The number of benzene rings is 2. The van der Waals surface area contributed by atoms with Gasteiger partial charge in [0.1, 0.15) is 11.7 Å². The van der Waals surface area contributed by atoms with E-state index in [1.54, 1.807) is 12.1 Å². The number of anilines is 2. The third kappa shape index (κ3) is 3.39. The van der Waals surface area contributed by atoms with Crippen LogP contribution in [-0.2, 0) is 0 Å².